The molecule has 8 heteroatoms. The Kier molecular flexibility index (Phi) is 11.7. The number of hydrogen-bond acceptors (Lipinski definition) is 7. The van der Waals surface area contributed by atoms with Crippen molar-refractivity contribution in [3.63, 3.8) is 0 Å². The van der Waals surface area contributed by atoms with Crippen molar-refractivity contribution in [2.75, 3.05) is 33.7 Å². The molecule has 312 valence electrons. The lowest BCUT2D eigenvalue weighted by molar-refractivity contribution is -0.235. The van der Waals surface area contributed by atoms with E-state index in [4.69, 9.17) is 4.74 Å². The second kappa shape index (κ2) is 15.2. The predicted molar refractivity (Wildman–Crippen MR) is 222 cm³/mol. The van der Waals surface area contributed by atoms with Crippen LogP contribution in [0, 0.1) is 56.2 Å². The van der Waals surface area contributed by atoms with Gasteiger partial charge in [0.2, 0.25) is 0 Å². The maximum atomic E-state index is 14.3. The van der Waals surface area contributed by atoms with Crippen molar-refractivity contribution in [2.24, 2.45) is 56.2 Å². The van der Waals surface area contributed by atoms with Gasteiger partial charge in [-0.1, -0.05) is 84.4 Å². The molecule has 2 N–H and O–H groups in total. The van der Waals surface area contributed by atoms with Crippen LogP contribution in [0.15, 0.2) is 41.5 Å². The number of aliphatic hydroxyl groups excluding tert-OH is 1. The van der Waals surface area contributed by atoms with Gasteiger partial charge in [0.05, 0.1) is 17.9 Å². The average molecular weight is 775 g/mol. The Morgan fingerprint density at radius 3 is 2.20 bits per heavy atom. The minimum atomic E-state index is -1.17. The number of allylic oxidation sites excluding steroid dienone is 1. The number of Topliss-reactive ketones (excluding diaryl/α,β-unsaturated/α-hetero) is 1. The summed E-state index contributed by atoms with van der Waals surface area (Å²) in [6.07, 6.45) is 7.28. The van der Waals surface area contributed by atoms with E-state index in [1.165, 1.54) is 11.1 Å². The number of esters is 1. The molecule has 0 bridgehead atoms. The number of ether oxygens (including phenoxy) is 1. The number of aliphatic carboxylic acids is 1. The van der Waals surface area contributed by atoms with Gasteiger partial charge in [0.15, 0.2) is 5.78 Å². The highest BCUT2D eigenvalue weighted by atomic mass is 16.5. The van der Waals surface area contributed by atoms with Crippen LogP contribution in [0.25, 0.3) is 0 Å². The largest absolute Gasteiger partial charge is 0.481 e. The molecule has 9 atom stereocenters. The fourth-order valence-corrected chi connectivity index (χ4v) is 13.7. The number of aliphatic hydroxyl groups is 1. The molecule has 56 heavy (non-hydrogen) atoms. The van der Waals surface area contributed by atoms with Crippen molar-refractivity contribution in [1.29, 1.82) is 0 Å². The Balaban J connectivity index is 1.29. The summed E-state index contributed by atoms with van der Waals surface area (Å²) in [5, 5.41) is 22.3. The molecule has 0 heterocycles. The highest BCUT2D eigenvalue weighted by molar-refractivity contribution is 6.00. The van der Waals surface area contributed by atoms with Gasteiger partial charge in [-0.2, -0.15) is 0 Å². The Bertz CT molecular complexity index is 1680. The number of carboxylic acid groups (broad SMARTS) is 1. The van der Waals surface area contributed by atoms with Crippen LogP contribution in [0.3, 0.4) is 0 Å². The molecule has 6 rings (SSSR count). The molecule has 0 aliphatic heterocycles. The second-order valence-electron chi connectivity index (χ2n) is 21.6. The second-order valence-corrected chi connectivity index (χ2v) is 21.6. The molecular formula is C48H74N2O6. The molecule has 1 aromatic carbocycles. The van der Waals surface area contributed by atoms with E-state index in [9.17, 15) is 24.6 Å². The van der Waals surface area contributed by atoms with Gasteiger partial charge < -0.3 is 19.8 Å². The number of carbonyl (C=O) groups excluding carboxylic acids is 2. The highest BCUT2D eigenvalue weighted by Crippen LogP contribution is 2.77. The maximum absolute atomic E-state index is 14.3. The molecule has 4 fully saturated rings. The summed E-state index contributed by atoms with van der Waals surface area (Å²) >= 11 is 0. The lowest BCUT2D eigenvalue weighted by Crippen LogP contribution is -2.66. The van der Waals surface area contributed by atoms with Crippen LogP contribution >= 0.6 is 0 Å². The predicted octanol–water partition coefficient (Wildman–Crippen LogP) is 8.80. The van der Waals surface area contributed by atoms with Crippen LogP contribution in [0.1, 0.15) is 132 Å². The fraction of sp³-hybridized carbons (Fsp3) is 0.771. The third-order valence-electron chi connectivity index (χ3n) is 17.0. The van der Waals surface area contributed by atoms with Crippen LogP contribution in [-0.4, -0.2) is 83.7 Å². The monoisotopic (exact) mass is 775 g/mol. The summed E-state index contributed by atoms with van der Waals surface area (Å²) in [7, 11) is 4.20. The van der Waals surface area contributed by atoms with E-state index in [2.05, 4.69) is 96.6 Å². The first-order valence-electron chi connectivity index (χ1n) is 21.8. The van der Waals surface area contributed by atoms with Gasteiger partial charge in [0.1, 0.15) is 6.10 Å². The summed E-state index contributed by atoms with van der Waals surface area (Å²) in [4.78, 5) is 43.8. The van der Waals surface area contributed by atoms with E-state index < -0.39 is 28.9 Å². The van der Waals surface area contributed by atoms with E-state index in [0.717, 1.165) is 76.6 Å². The van der Waals surface area contributed by atoms with Crippen molar-refractivity contribution < 1.29 is 29.3 Å². The topological polar surface area (TPSA) is 107 Å². The fourth-order valence-electron chi connectivity index (χ4n) is 13.7. The Morgan fingerprint density at radius 1 is 0.893 bits per heavy atom. The van der Waals surface area contributed by atoms with Crippen molar-refractivity contribution in [2.45, 2.75) is 145 Å². The number of fused-ring (bicyclic) bond motifs is 7. The minimum Gasteiger partial charge on any atom is -0.481 e. The SMILES string of the molecule is CC(C)C1=C2C3CCC4C5(C)CCC(OC(=O)CC(C)(C)C(=O)O)C(C)(C)C5CCC4(C)C3(C)CCC2(C(O)CN(CCN(C)C)Cc2ccccc2)CC1=O. The Morgan fingerprint density at radius 2 is 1.57 bits per heavy atom. The maximum Gasteiger partial charge on any atom is 0.309 e. The number of carbonyl (C=O) groups is 3. The zero-order chi connectivity index (χ0) is 41.2. The van der Waals surface area contributed by atoms with Crippen LogP contribution in [0.2, 0.25) is 0 Å². The first-order valence-corrected chi connectivity index (χ1v) is 21.8. The van der Waals surface area contributed by atoms with Gasteiger partial charge in [0.25, 0.3) is 0 Å². The summed E-state index contributed by atoms with van der Waals surface area (Å²) < 4.78 is 6.20. The van der Waals surface area contributed by atoms with Crippen LogP contribution in [0.5, 0.6) is 0 Å². The summed E-state index contributed by atoms with van der Waals surface area (Å²) in [5.41, 5.74) is 1.72. The van der Waals surface area contributed by atoms with E-state index in [0.29, 0.717) is 24.8 Å². The first kappa shape index (κ1) is 43.0. The van der Waals surface area contributed by atoms with E-state index >= 15 is 0 Å². The zero-order valence-electron chi connectivity index (χ0n) is 36.7. The third-order valence-corrected chi connectivity index (χ3v) is 17.0. The quantitative estimate of drug-likeness (QED) is 0.192. The van der Waals surface area contributed by atoms with Crippen LogP contribution in [0.4, 0.5) is 0 Å². The summed E-state index contributed by atoms with van der Waals surface area (Å²) in [6, 6.07) is 10.5. The van der Waals surface area contributed by atoms with Crippen molar-refractivity contribution in [3.05, 3.63) is 47.0 Å². The first-order chi connectivity index (χ1) is 26.0. The smallest absolute Gasteiger partial charge is 0.309 e. The molecule has 9 unspecified atom stereocenters. The van der Waals surface area contributed by atoms with Crippen molar-refractivity contribution in [3.8, 4) is 0 Å². The molecule has 0 saturated heterocycles. The number of likely N-dealkylation sites (N-methyl/N-ethyl adjacent to an activating group) is 1. The highest BCUT2D eigenvalue weighted by Gasteiger charge is 2.71. The number of hydrogen-bond donors (Lipinski definition) is 2. The lowest BCUT2D eigenvalue weighted by atomic mass is 9.33. The number of ketones is 1. The average Bonchev–Trinajstić information content (AvgIpc) is 3.42. The molecule has 5 aliphatic rings. The Labute approximate surface area is 338 Å². The van der Waals surface area contributed by atoms with E-state index in [-0.39, 0.29) is 51.8 Å². The Hall–Kier alpha value is -2.55. The minimum absolute atomic E-state index is 0.0161. The standard InChI is InChI=1S/C48H74N2O6/c1-31(2)40-34(51)27-48(37(52)30-50(26-25-49(10)11)29-32-15-13-12-14-16-32)24-23-46(8)33(41(40)48)17-18-36-45(7)21-20-38(56-39(53)28-43(3,4)42(54)55)44(5,6)35(45)19-22-47(36,46)9/h12-16,31,33,35-38,52H,17-30H2,1-11H3,(H,54,55). The molecule has 1 aromatic rings. The van der Waals surface area contributed by atoms with Gasteiger partial charge in [-0.25, -0.2) is 0 Å². The molecule has 0 radical (unpaired) electrons. The molecule has 4 saturated carbocycles. The van der Waals surface area contributed by atoms with Gasteiger partial charge in [-0.05, 0) is 130 Å². The third kappa shape index (κ3) is 7.14. The van der Waals surface area contributed by atoms with Crippen LogP contribution < -0.4 is 0 Å². The number of benzene rings is 1. The molecule has 5 aliphatic carbocycles. The zero-order valence-corrected chi connectivity index (χ0v) is 36.7. The number of carboxylic acids is 1. The number of nitrogens with zero attached hydrogens (tertiary/aromatic N) is 2. The molecular weight excluding hydrogens is 701 g/mol. The van der Waals surface area contributed by atoms with Crippen LogP contribution in [-0.2, 0) is 25.7 Å². The van der Waals surface area contributed by atoms with Crippen molar-refractivity contribution in [1.82, 2.24) is 9.80 Å². The van der Waals surface area contributed by atoms with Gasteiger partial charge in [0, 0.05) is 43.4 Å². The lowest BCUT2D eigenvalue weighted by Gasteiger charge is -2.72. The number of rotatable bonds is 13. The van der Waals surface area contributed by atoms with Gasteiger partial charge in [-0.3, -0.25) is 19.3 Å². The van der Waals surface area contributed by atoms with E-state index in [1.807, 2.05) is 6.07 Å². The summed E-state index contributed by atoms with van der Waals surface area (Å²) in [5.74, 6) is 0.0748. The molecule has 0 aromatic heterocycles. The van der Waals surface area contributed by atoms with Crippen molar-refractivity contribution >= 4 is 17.7 Å². The normalized spacial score (nSPS) is 35.9. The summed E-state index contributed by atoms with van der Waals surface area (Å²) in [6.45, 7) is 22.8. The molecule has 8 nitrogen and oxygen atoms in total. The molecule has 0 spiro atoms. The van der Waals surface area contributed by atoms with E-state index in [1.54, 1.807) is 13.8 Å². The molecule has 0 amide bonds. The van der Waals surface area contributed by atoms with Gasteiger partial charge >= 0.3 is 11.9 Å². The van der Waals surface area contributed by atoms with Gasteiger partial charge in [-0.15, -0.1) is 0 Å².